The second kappa shape index (κ2) is 7.80. The maximum atomic E-state index is 12.5. The van der Waals surface area contributed by atoms with Gasteiger partial charge in [0.05, 0.1) is 24.0 Å². The largest absolute Gasteiger partial charge is 0.394 e. The van der Waals surface area contributed by atoms with Gasteiger partial charge in [0.2, 0.25) is 5.78 Å². The number of halogens is 1. The Morgan fingerprint density at radius 3 is 2.74 bits per heavy atom. The lowest BCUT2D eigenvalue weighted by molar-refractivity contribution is 0.103. The van der Waals surface area contributed by atoms with Crippen molar-refractivity contribution in [3.63, 3.8) is 0 Å². The normalized spacial score (nSPS) is 11.8. The number of hydrogen-bond donors (Lipinski definition) is 4. The van der Waals surface area contributed by atoms with Crippen molar-refractivity contribution in [1.82, 2.24) is 10.3 Å². The van der Waals surface area contributed by atoms with Crippen molar-refractivity contribution in [3.8, 4) is 0 Å². The van der Waals surface area contributed by atoms with Gasteiger partial charge in [-0.15, -0.1) is 0 Å². The van der Waals surface area contributed by atoms with Crippen molar-refractivity contribution in [2.45, 2.75) is 19.4 Å². The number of hydrogen-bond acceptors (Lipinski definition) is 3. The van der Waals surface area contributed by atoms with Crippen LogP contribution in [0.15, 0.2) is 36.5 Å². The van der Waals surface area contributed by atoms with Crippen molar-refractivity contribution < 1.29 is 14.7 Å². The van der Waals surface area contributed by atoms with Gasteiger partial charge in [0.1, 0.15) is 0 Å². The van der Waals surface area contributed by atoms with Crippen molar-refractivity contribution in [2.24, 2.45) is 0 Å². The number of anilines is 1. The van der Waals surface area contributed by atoms with E-state index in [2.05, 4.69) is 15.6 Å². The van der Waals surface area contributed by atoms with Gasteiger partial charge in [-0.05, 0) is 36.8 Å². The molecule has 23 heavy (non-hydrogen) atoms. The van der Waals surface area contributed by atoms with Gasteiger partial charge in [0.25, 0.3) is 0 Å². The van der Waals surface area contributed by atoms with Gasteiger partial charge in [0.15, 0.2) is 0 Å². The van der Waals surface area contributed by atoms with Crippen LogP contribution in [0.2, 0.25) is 5.02 Å². The molecule has 0 saturated heterocycles. The molecule has 0 radical (unpaired) electrons. The average Bonchev–Trinajstić information content (AvgIpc) is 3.08. The van der Waals surface area contributed by atoms with Gasteiger partial charge in [-0.3, -0.25) is 4.79 Å². The Kier molecular flexibility index (Phi) is 5.78. The third kappa shape index (κ3) is 4.34. The summed E-state index contributed by atoms with van der Waals surface area (Å²) in [5.74, 6) is -0.276. The number of carbonyl (C=O) groups excluding carboxylic acids is 2. The number of ketones is 1. The van der Waals surface area contributed by atoms with Crippen molar-refractivity contribution in [2.75, 3.05) is 11.9 Å². The third-order valence-corrected chi connectivity index (χ3v) is 3.60. The van der Waals surface area contributed by atoms with E-state index in [1.807, 2.05) is 6.92 Å². The van der Waals surface area contributed by atoms with Gasteiger partial charge in [-0.25, -0.2) is 4.79 Å². The highest BCUT2D eigenvalue weighted by Crippen LogP contribution is 2.23. The molecule has 1 aromatic carbocycles. The van der Waals surface area contributed by atoms with Crippen LogP contribution in [0.3, 0.4) is 0 Å². The maximum absolute atomic E-state index is 12.5. The number of benzene rings is 1. The second-order valence-electron chi connectivity index (χ2n) is 4.99. The van der Waals surface area contributed by atoms with Crippen LogP contribution in [-0.4, -0.2) is 34.6 Å². The molecule has 6 nitrogen and oxygen atoms in total. The van der Waals surface area contributed by atoms with E-state index in [1.54, 1.807) is 30.5 Å². The zero-order valence-corrected chi connectivity index (χ0v) is 13.4. The molecule has 0 spiro atoms. The molecule has 0 fully saturated rings. The van der Waals surface area contributed by atoms with Crippen LogP contribution in [0.1, 0.15) is 29.4 Å². The van der Waals surface area contributed by atoms with E-state index in [1.165, 1.54) is 6.07 Å². The van der Waals surface area contributed by atoms with Crippen LogP contribution in [0.4, 0.5) is 10.5 Å². The molecule has 0 bridgehead atoms. The molecular formula is C16H18ClN3O3. The lowest BCUT2D eigenvalue weighted by Gasteiger charge is -2.16. The molecule has 1 heterocycles. The molecular weight excluding hydrogens is 318 g/mol. The summed E-state index contributed by atoms with van der Waals surface area (Å²) >= 11 is 5.96. The minimum Gasteiger partial charge on any atom is -0.394 e. The molecule has 7 heteroatoms. The number of nitrogens with one attached hydrogen (secondary N) is 3. The number of H-pyrrole nitrogens is 1. The average molecular weight is 336 g/mol. The van der Waals surface area contributed by atoms with Crippen LogP contribution >= 0.6 is 11.6 Å². The summed E-state index contributed by atoms with van der Waals surface area (Å²) in [6, 6.07) is 7.18. The van der Waals surface area contributed by atoms with E-state index in [4.69, 9.17) is 16.7 Å². The molecule has 0 aliphatic heterocycles. The number of carbonyl (C=O) groups is 2. The highest BCUT2D eigenvalue weighted by molar-refractivity contribution is 6.31. The molecule has 1 aromatic heterocycles. The van der Waals surface area contributed by atoms with Gasteiger partial charge in [-0.2, -0.15) is 0 Å². The molecule has 0 aliphatic rings. The SMILES string of the molecule is CCC(CO)NC(=O)Nc1ccc(Cl)cc1C(=O)c1ccc[nH]1. The molecule has 2 amide bonds. The summed E-state index contributed by atoms with van der Waals surface area (Å²) in [4.78, 5) is 27.3. The van der Waals surface area contributed by atoms with Crippen molar-refractivity contribution in [1.29, 1.82) is 0 Å². The van der Waals surface area contributed by atoms with E-state index >= 15 is 0 Å². The first-order chi connectivity index (χ1) is 11.0. The second-order valence-corrected chi connectivity index (χ2v) is 5.43. The third-order valence-electron chi connectivity index (χ3n) is 3.37. The van der Waals surface area contributed by atoms with Gasteiger partial charge in [0, 0.05) is 16.8 Å². The van der Waals surface area contributed by atoms with Crippen LogP contribution in [0, 0.1) is 0 Å². The van der Waals surface area contributed by atoms with E-state index in [9.17, 15) is 9.59 Å². The van der Waals surface area contributed by atoms with Crippen LogP contribution < -0.4 is 10.6 Å². The van der Waals surface area contributed by atoms with E-state index < -0.39 is 6.03 Å². The minimum atomic E-state index is -0.492. The number of urea groups is 1. The molecule has 1 atom stereocenters. The molecule has 1 unspecified atom stereocenters. The predicted molar refractivity (Wildman–Crippen MR) is 89.0 cm³/mol. The first-order valence-electron chi connectivity index (χ1n) is 7.21. The number of aromatic nitrogens is 1. The predicted octanol–water partition coefficient (Wildman–Crippen LogP) is 2.79. The number of amides is 2. The molecule has 0 aliphatic carbocycles. The van der Waals surface area contributed by atoms with Crippen LogP contribution in [0.25, 0.3) is 0 Å². The number of aliphatic hydroxyl groups excluding tert-OH is 1. The summed E-state index contributed by atoms with van der Waals surface area (Å²) in [5, 5.41) is 14.8. The standard InChI is InChI=1S/C16H18ClN3O3/c1-2-11(9-21)19-16(23)20-13-6-5-10(17)8-12(13)15(22)14-4-3-7-18-14/h3-8,11,18,21H,2,9H2,1H3,(H2,19,20,23). The highest BCUT2D eigenvalue weighted by atomic mass is 35.5. The molecule has 4 N–H and O–H groups in total. The zero-order chi connectivity index (χ0) is 16.8. The number of aliphatic hydroxyl groups is 1. The first-order valence-corrected chi connectivity index (χ1v) is 7.59. The highest BCUT2D eigenvalue weighted by Gasteiger charge is 2.17. The summed E-state index contributed by atoms with van der Waals surface area (Å²) < 4.78 is 0. The number of aromatic amines is 1. The summed E-state index contributed by atoms with van der Waals surface area (Å²) in [5.41, 5.74) is 1.03. The van der Waals surface area contributed by atoms with Gasteiger partial charge >= 0.3 is 6.03 Å². The first kappa shape index (κ1) is 17.1. The summed E-state index contributed by atoms with van der Waals surface area (Å²) in [7, 11) is 0. The molecule has 2 rings (SSSR count). The van der Waals surface area contributed by atoms with Gasteiger partial charge < -0.3 is 20.7 Å². The van der Waals surface area contributed by atoms with Gasteiger partial charge in [-0.1, -0.05) is 18.5 Å². The fourth-order valence-electron chi connectivity index (χ4n) is 2.05. The Balaban J connectivity index is 2.22. The lowest BCUT2D eigenvalue weighted by atomic mass is 10.1. The summed E-state index contributed by atoms with van der Waals surface area (Å²) in [6.07, 6.45) is 2.24. The summed E-state index contributed by atoms with van der Waals surface area (Å²) in [6.45, 7) is 1.70. The van der Waals surface area contributed by atoms with E-state index in [0.29, 0.717) is 22.8 Å². The Morgan fingerprint density at radius 2 is 2.13 bits per heavy atom. The fraction of sp³-hybridized carbons (Fsp3) is 0.250. The Labute approximate surface area is 138 Å². The Bertz CT molecular complexity index is 682. The molecule has 122 valence electrons. The smallest absolute Gasteiger partial charge is 0.319 e. The number of rotatable bonds is 6. The minimum absolute atomic E-state index is 0.154. The maximum Gasteiger partial charge on any atom is 0.319 e. The van der Waals surface area contributed by atoms with Crippen LogP contribution in [0.5, 0.6) is 0 Å². The molecule has 0 saturated carbocycles. The monoisotopic (exact) mass is 335 g/mol. The van der Waals surface area contributed by atoms with Crippen molar-refractivity contribution >= 4 is 29.1 Å². The van der Waals surface area contributed by atoms with E-state index in [-0.39, 0.29) is 24.0 Å². The van der Waals surface area contributed by atoms with Crippen molar-refractivity contribution in [3.05, 3.63) is 52.8 Å². The molecule has 2 aromatic rings. The topological polar surface area (TPSA) is 94.2 Å². The van der Waals surface area contributed by atoms with Crippen LogP contribution in [-0.2, 0) is 0 Å². The fourth-order valence-corrected chi connectivity index (χ4v) is 2.22. The van der Waals surface area contributed by atoms with E-state index in [0.717, 1.165) is 0 Å². The zero-order valence-electron chi connectivity index (χ0n) is 12.6. The lowest BCUT2D eigenvalue weighted by Crippen LogP contribution is -2.40. The Morgan fingerprint density at radius 1 is 1.35 bits per heavy atom. The Hall–Kier alpha value is -2.31. The quantitative estimate of drug-likeness (QED) is 0.611.